The van der Waals surface area contributed by atoms with Gasteiger partial charge in [0.2, 0.25) is 0 Å². The lowest BCUT2D eigenvalue weighted by atomic mass is 10.1. The van der Waals surface area contributed by atoms with Crippen LogP contribution in [0.25, 0.3) is 0 Å². The van der Waals surface area contributed by atoms with Gasteiger partial charge in [-0.15, -0.1) is 0 Å². The zero-order chi connectivity index (χ0) is 12.8. The Labute approximate surface area is 98.2 Å². The highest BCUT2D eigenvalue weighted by Crippen LogP contribution is 2.01. The highest BCUT2D eigenvalue weighted by molar-refractivity contribution is 5.82. The summed E-state index contributed by atoms with van der Waals surface area (Å²) < 4.78 is 4.77. The highest BCUT2D eigenvalue weighted by Gasteiger charge is 2.23. The maximum atomic E-state index is 11.4. The Morgan fingerprint density at radius 3 is 2.71 bits per heavy atom. The minimum absolute atomic E-state index is 0.163. The molecule has 1 aromatic rings. The third-order valence-electron chi connectivity index (χ3n) is 2.13. The Morgan fingerprint density at radius 1 is 1.53 bits per heavy atom. The maximum Gasteiger partial charge on any atom is 0.326 e. The largest absolute Gasteiger partial charge is 0.480 e. The number of amides is 2. The first-order valence-electron chi connectivity index (χ1n) is 5.17. The van der Waals surface area contributed by atoms with Gasteiger partial charge in [-0.1, -0.05) is 19.0 Å². The molecule has 3 N–H and O–H groups in total. The molecule has 0 aliphatic heterocycles. The van der Waals surface area contributed by atoms with Crippen molar-refractivity contribution in [3.8, 4) is 0 Å². The molecule has 7 nitrogen and oxygen atoms in total. The Hall–Kier alpha value is -2.05. The Bertz CT molecular complexity index is 375. The molecule has 1 heterocycles. The van der Waals surface area contributed by atoms with E-state index in [1.54, 1.807) is 19.9 Å². The minimum atomic E-state index is -1.06. The van der Waals surface area contributed by atoms with Crippen LogP contribution in [0, 0.1) is 5.92 Å². The van der Waals surface area contributed by atoms with Crippen LogP contribution in [0.5, 0.6) is 0 Å². The van der Waals surface area contributed by atoms with Crippen molar-refractivity contribution in [3.05, 3.63) is 18.0 Å². The van der Waals surface area contributed by atoms with E-state index in [0.29, 0.717) is 5.76 Å². The average Bonchev–Trinajstić information content (AvgIpc) is 2.74. The predicted octanol–water partition coefficient (Wildman–Crippen LogP) is 0.583. The summed E-state index contributed by atoms with van der Waals surface area (Å²) in [6.45, 7) is 3.60. The minimum Gasteiger partial charge on any atom is -0.480 e. The molecule has 0 fully saturated rings. The van der Waals surface area contributed by atoms with Gasteiger partial charge in [-0.2, -0.15) is 0 Å². The summed E-state index contributed by atoms with van der Waals surface area (Å²) in [5.41, 5.74) is 0. The number of carbonyl (C=O) groups is 2. The van der Waals surface area contributed by atoms with Crippen LogP contribution in [0.3, 0.4) is 0 Å². The maximum absolute atomic E-state index is 11.4. The van der Waals surface area contributed by atoms with Crippen LogP contribution in [0.1, 0.15) is 19.6 Å². The fourth-order valence-electron chi connectivity index (χ4n) is 1.21. The molecule has 0 aliphatic carbocycles. The summed E-state index contributed by atoms with van der Waals surface area (Å²) >= 11 is 0. The average molecular weight is 241 g/mol. The van der Waals surface area contributed by atoms with E-state index in [-0.39, 0.29) is 12.5 Å². The molecule has 0 saturated heterocycles. The van der Waals surface area contributed by atoms with Crippen molar-refractivity contribution in [2.75, 3.05) is 0 Å². The van der Waals surface area contributed by atoms with Gasteiger partial charge >= 0.3 is 12.0 Å². The topological polar surface area (TPSA) is 104 Å². The first-order chi connectivity index (χ1) is 8.00. The van der Waals surface area contributed by atoms with E-state index in [2.05, 4.69) is 15.8 Å². The third kappa shape index (κ3) is 4.13. The van der Waals surface area contributed by atoms with Crippen LogP contribution in [-0.4, -0.2) is 28.3 Å². The first kappa shape index (κ1) is 13.0. The lowest BCUT2D eigenvalue weighted by Crippen LogP contribution is -2.48. The normalized spacial score (nSPS) is 12.2. The molecule has 2 amide bonds. The van der Waals surface area contributed by atoms with Crippen molar-refractivity contribution in [2.24, 2.45) is 5.92 Å². The number of nitrogens with zero attached hydrogens (tertiary/aromatic N) is 1. The highest BCUT2D eigenvalue weighted by atomic mass is 16.5. The lowest BCUT2D eigenvalue weighted by molar-refractivity contribution is -0.140. The van der Waals surface area contributed by atoms with E-state index in [1.165, 1.54) is 6.20 Å². The molecule has 0 radical (unpaired) electrons. The summed E-state index contributed by atoms with van der Waals surface area (Å²) in [7, 11) is 0. The van der Waals surface area contributed by atoms with Gasteiger partial charge in [0.1, 0.15) is 6.04 Å². The number of nitrogens with one attached hydrogen (secondary N) is 2. The lowest BCUT2D eigenvalue weighted by Gasteiger charge is -2.17. The monoisotopic (exact) mass is 241 g/mol. The molecule has 17 heavy (non-hydrogen) atoms. The fraction of sp³-hybridized carbons (Fsp3) is 0.500. The van der Waals surface area contributed by atoms with E-state index in [1.807, 2.05) is 0 Å². The zero-order valence-corrected chi connectivity index (χ0v) is 9.64. The number of aromatic nitrogens is 1. The van der Waals surface area contributed by atoms with Gasteiger partial charge < -0.3 is 20.3 Å². The summed E-state index contributed by atoms with van der Waals surface area (Å²) in [5, 5.41) is 17.2. The second-order valence-electron chi connectivity index (χ2n) is 3.87. The van der Waals surface area contributed by atoms with Crippen LogP contribution in [-0.2, 0) is 11.3 Å². The number of rotatable bonds is 5. The molecule has 94 valence electrons. The summed E-state index contributed by atoms with van der Waals surface area (Å²) in [5.74, 6) is -0.755. The molecule has 0 aromatic carbocycles. The van der Waals surface area contributed by atoms with Crippen LogP contribution >= 0.6 is 0 Å². The van der Waals surface area contributed by atoms with Crippen LogP contribution in [0.15, 0.2) is 16.8 Å². The molecule has 1 aromatic heterocycles. The SMILES string of the molecule is CC(C)[C@H](NC(=O)NCc1ccno1)C(=O)O. The van der Waals surface area contributed by atoms with E-state index in [9.17, 15) is 9.59 Å². The smallest absolute Gasteiger partial charge is 0.326 e. The number of carboxylic acid groups (broad SMARTS) is 1. The van der Waals surface area contributed by atoms with Gasteiger partial charge in [0, 0.05) is 6.07 Å². The second-order valence-corrected chi connectivity index (χ2v) is 3.87. The predicted molar refractivity (Wildman–Crippen MR) is 58.1 cm³/mol. The Kier molecular flexibility index (Phi) is 4.50. The molecular weight excluding hydrogens is 226 g/mol. The van der Waals surface area contributed by atoms with Crippen molar-refractivity contribution in [3.63, 3.8) is 0 Å². The summed E-state index contributed by atoms with van der Waals surface area (Å²) in [6.07, 6.45) is 1.46. The first-order valence-corrected chi connectivity index (χ1v) is 5.17. The molecule has 0 spiro atoms. The van der Waals surface area contributed by atoms with Gasteiger partial charge in [0.15, 0.2) is 5.76 Å². The van der Waals surface area contributed by atoms with E-state index >= 15 is 0 Å². The number of urea groups is 1. The number of hydrogen-bond acceptors (Lipinski definition) is 4. The van der Waals surface area contributed by atoms with Crippen molar-refractivity contribution in [2.45, 2.75) is 26.4 Å². The number of aliphatic carboxylic acids is 1. The Morgan fingerprint density at radius 2 is 2.24 bits per heavy atom. The van der Waals surface area contributed by atoms with Crippen LogP contribution in [0.2, 0.25) is 0 Å². The molecule has 0 bridgehead atoms. The van der Waals surface area contributed by atoms with Crippen molar-refractivity contribution >= 4 is 12.0 Å². The second kappa shape index (κ2) is 5.88. The number of carbonyl (C=O) groups excluding carboxylic acids is 1. The van der Waals surface area contributed by atoms with Gasteiger partial charge in [-0.3, -0.25) is 0 Å². The van der Waals surface area contributed by atoms with Crippen LogP contribution in [0.4, 0.5) is 4.79 Å². The number of carboxylic acids is 1. The van der Waals surface area contributed by atoms with Crippen LogP contribution < -0.4 is 10.6 Å². The molecule has 1 atom stereocenters. The van der Waals surface area contributed by atoms with E-state index in [4.69, 9.17) is 9.63 Å². The molecule has 7 heteroatoms. The van der Waals surface area contributed by atoms with E-state index in [0.717, 1.165) is 0 Å². The fourth-order valence-corrected chi connectivity index (χ4v) is 1.21. The summed E-state index contributed by atoms with van der Waals surface area (Å²) in [4.78, 5) is 22.2. The number of hydrogen-bond donors (Lipinski definition) is 3. The zero-order valence-electron chi connectivity index (χ0n) is 9.64. The van der Waals surface area contributed by atoms with Crippen molar-refractivity contribution in [1.82, 2.24) is 15.8 Å². The molecule has 0 saturated carbocycles. The molecule has 1 rings (SSSR count). The quantitative estimate of drug-likeness (QED) is 0.699. The van der Waals surface area contributed by atoms with Gasteiger partial charge in [-0.05, 0) is 5.92 Å². The van der Waals surface area contributed by atoms with Gasteiger partial charge in [0.25, 0.3) is 0 Å². The Balaban J connectivity index is 2.40. The third-order valence-corrected chi connectivity index (χ3v) is 2.13. The van der Waals surface area contributed by atoms with Crippen molar-refractivity contribution < 1.29 is 19.2 Å². The summed E-state index contributed by atoms with van der Waals surface area (Å²) in [6, 6.07) is 0.143. The van der Waals surface area contributed by atoms with Gasteiger partial charge in [-0.25, -0.2) is 9.59 Å². The van der Waals surface area contributed by atoms with E-state index < -0.39 is 18.0 Å². The molecule has 0 aliphatic rings. The molecular formula is C10H15N3O4. The molecule has 0 unspecified atom stereocenters. The van der Waals surface area contributed by atoms with Gasteiger partial charge in [0.05, 0.1) is 12.7 Å². The van der Waals surface area contributed by atoms with Crippen molar-refractivity contribution in [1.29, 1.82) is 0 Å². The standard InChI is InChI=1S/C10H15N3O4/c1-6(2)8(9(14)15)13-10(16)11-5-7-3-4-12-17-7/h3-4,6,8H,5H2,1-2H3,(H,14,15)(H2,11,13,16)/t8-/m0/s1.